The summed E-state index contributed by atoms with van der Waals surface area (Å²) in [6.07, 6.45) is 0.339. The number of aromatic nitrogens is 2. The zero-order valence-corrected chi connectivity index (χ0v) is 16.2. The van der Waals surface area contributed by atoms with Crippen molar-refractivity contribution in [3.63, 3.8) is 0 Å². The van der Waals surface area contributed by atoms with E-state index in [1.54, 1.807) is 19.1 Å². The minimum Gasteiger partial charge on any atom is -0.445 e. The van der Waals surface area contributed by atoms with Gasteiger partial charge in [-0.1, -0.05) is 44.2 Å². The van der Waals surface area contributed by atoms with Crippen LogP contribution in [0.25, 0.3) is 11.0 Å². The van der Waals surface area contributed by atoms with Crippen LogP contribution in [0.3, 0.4) is 0 Å². The number of imidazole rings is 1. The van der Waals surface area contributed by atoms with Gasteiger partial charge in [-0.3, -0.25) is 4.79 Å². The van der Waals surface area contributed by atoms with Gasteiger partial charge in [0.15, 0.2) is 5.60 Å². The fraction of sp³-hybridized carbons (Fsp3) is 0.318. The molecular weight excluding hydrogens is 354 g/mol. The number of nitrogens with one attached hydrogen (secondary N) is 2. The quantitative estimate of drug-likeness (QED) is 0.681. The number of hydrogen-bond donors (Lipinski definition) is 2. The van der Waals surface area contributed by atoms with E-state index < -0.39 is 11.6 Å². The van der Waals surface area contributed by atoms with Crippen LogP contribution in [-0.2, 0) is 16.0 Å². The zero-order valence-electron chi connectivity index (χ0n) is 16.2. The number of H-pyrrole nitrogens is 1. The highest BCUT2D eigenvalue weighted by atomic mass is 16.6. The highest BCUT2D eigenvalue weighted by molar-refractivity contribution is 5.97. The summed E-state index contributed by atoms with van der Waals surface area (Å²) in [5.74, 6) is -0.00535. The van der Waals surface area contributed by atoms with Crippen molar-refractivity contribution in [2.75, 3.05) is 0 Å². The van der Waals surface area contributed by atoms with Gasteiger partial charge in [-0.2, -0.15) is 0 Å². The molecule has 2 aromatic carbocycles. The Morgan fingerprint density at radius 3 is 2.64 bits per heavy atom. The Labute approximate surface area is 163 Å². The van der Waals surface area contributed by atoms with Crippen molar-refractivity contribution < 1.29 is 14.3 Å². The molecular formula is C22H23N3O3. The van der Waals surface area contributed by atoms with Crippen LogP contribution in [-0.4, -0.2) is 27.4 Å². The second kappa shape index (κ2) is 6.78. The van der Waals surface area contributed by atoms with E-state index in [1.165, 1.54) is 0 Å². The smallest absolute Gasteiger partial charge is 0.339 e. The van der Waals surface area contributed by atoms with Crippen molar-refractivity contribution in [1.29, 1.82) is 0 Å². The van der Waals surface area contributed by atoms with Gasteiger partial charge in [-0.15, -0.1) is 0 Å². The first-order chi connectivity index (χ1) is 13.4. The maximum Gasteiger partial charge on any atom is 0.339 e. The maximum absolute atomic E-state index is 13.1. The number of aromatic amines is 1. The highest BCUT2D eigenvalue weighted by Crippen LogP contribution is 2.30. The highest BCUT2D eigenvalue weighted by Gasteiger charge is 2.43. The monoisotopic (exact) mass is 377 g/mol. The van der Waals surface area contributed by atoms with Crippen LogP contribution in [0, 0.1) is 5.92 Å². The Bertz CT molecular complexity index is 1020. The van der Waals surface area contributed by atoms with Gasteiger partial charge in [0.05, 0.1) is 22.6 Å². The van der Waals surface area contributed by atoms with Crippen LogP contribution in [0.5, 0.6) is 0 Å². The fourth-order valence-electron chi connectivity index (χ4n) is 3.62. The summed E-state index contributed by atoms with van der Waals surface area (Å²) in [5.41, 5.74) is 1.85. The lowest BCUT2D eigenvalue weighted by atomic mass is 9.88. The summed E-state index contributed by atoms with van der Waals surface area (Å²) in [6.45, 7) is 5.69. The summed E-state index contributed by atoms with van der Waals surface area (Å²) < 4.78 is 5.56. The molecule has 1 aliphatic rings. The first-order valence-corrected chi connectivity index (χ1v) is 9.44. The Hall–Kier alpha value is -3.15. The SMILES string of the molecule is CC(C)C(NC(=O)C1(C)Cc2ccccc2C(=O)O1)c1nc2ccccc2[nH]1. The molecule has 4 rings (SSSR count). The summed E-state index contributed by atoms with van der Waals surface area (Å²) in [4.78, 5) is 33.5. The van der Waals surface area contributed by atoms with E-state index in [1.807, 2.05) is 50.2 Å². The molecule has 6 heteroatoms. The molecule has 0 fully saturated rings. The van der Waals surface area contributed by atoms with E-state index in [0.717, 1.165) is 16.6 Å². The first kappa shape index (κ1) is 18.2. The van der Waals surface area contributed by atoms with E-state index >= 15 is 0 Å². The Kier molecular flexibility index (Phi) is 4.41. The maximum atomic E-state index is 13.1. The number of ether oxygens (including phenoxy) is 1. The molecule has 0 spiro atoms. The zero-order chi connectivity index (χ0) is 19.9. The third-order valence-corrected chi connectivity index (χ3v) is 5.22. The number of cyclic esters (lactones) is 1. The second-order valence-corrected chi connectivity index (χ2v) is 7.79. The predicted molar refractivity (Wildman–Crippen MR) is 106 cm³/mol. The average molecular weight is 377 g/mol. The molecule has 2 atom stereocenters. The van der Waals surface area contributed by atoms with Gasteiger partial charge in [0.1, 0.15) is 5.82 Å². The minimum absolute atomic E-state index is 0.0969. The molecule has 2 N–H and O–H groups in total. The molecule has 28 heavy (non-hydrogen) atoms. The van der Waals surface area contributed by atoms with Gasteiger partial charge in [0.2, 0.25) is 0 Å². The molecule has 2 heterocycles. The first-order valence-electron chi connectivity index (χ1n) is 9.44. The van der Waals surface area contributed by atoms with E-state index in [9.17, 15) is 9.59 Å². The molecule has 0 bridgehead atoms. The standard InChI is InChI=1S/C22H23N3O3/c1-13(2)18(19-23-16-10-6-7-11-17(16)24-19)25-21(27)22(3)12-14-8-4-5-9-15(14)20(26)28-22/h4-11,13,18H,12H2,1-3H3,(H,23,24)(H,25,27). The largest absolute Gasteiger partial charge is 0.445 e. The van der Waals surface area contributed by atoms with E-state index in [4.69, 9.17) is 4.74 Å². The van der Waals surface area contributed by atoms with E-state index in [0.29, 0.717) is 17.8 Å². The number of amides is 1. The lowest BCUT2D eigenvalue weighted by Crippen LogP contribution is -2.53. The van der Waals surface area contributed by atoms with Crippen LogP contribution in [0.15, 0.2) is 48.5 Å². The van der Waals surface area contributed by atoms with Gasteiger partial charge in [-0.25, -0.2) is 9.78 Å². The third-order valence-electron chi connectivity index (χ3n) is 5.22. The molecule has 2 unspecified atom stereocenters. The predicted octanol–water partition coefficient (Wildman–Crippen LogP) is 3.55. The van der Waals surface area contributed by atoms with E-state index in [2.05, 4.69) is 15.3 Å². The number of benzene rings is 2. The van der Waals surface area contributed by atoms with Crippen molar-refractivity contribution in [1.82, 2.24) is 15.3 Å². The van der Waals surface area contributed by atoms with Crippen molar-refractivity contribution in [2.45, 2.75) is 38.8 Å². The number of nitrogens with zero attached hydrogens (tertiary/aromatic N) is 1. The van der Waals surface area contributed by atoms with Crippen LogP contribution >= 0.6 is 0 Å². The summed E-state index contributed by atoms with van der Waals surface area (Å²) >= 11 is 0. The molecule has 1 amide bonds. The van der Waals surface area contributed by atoms with Gasteiger partial charge < -0.3 is 15.0 Å². The lowest BCUT2D eigenvalue weighted by Gasteiger charge is -2.34. The fourth-order valence-corrected chi connectivity index (χ4v) is 3.62. The number of esters is 1. The average Bonchev–Trinajstić information content (AvgIpc) is 3.09. The van der Waals surface area contributed by atoms with Crippen molar-refractivity contribution in [3.8, 4) is 0 Å². The van der Waals surface area contributed by atoms with Crippen molar-refractivity contribution in [2.24, 2.45) is 5.92 Å². The summed E-state index contributed by atoms with van der Waals surface area (Å²) in [7, 11) is 0. The second-order valence-electron chi connectivity index (χ2n) is 7.79. The minimum atomic E-state index is -1.26. The topological polar surface area (TPSA) is 84.1 Å². The Morgan fingerprint density at radius 1 is 1.18 bits per heavy atom. The molecule has 0 aliphatic carbocycles. The summed E-state index contributed by atoms with van der Waals surface area (Å²) in [5, 5.41) is 3.05. The normalized spacial score (nSPS) is 19.9. The van der Waals surface area contributed by atoms with Crippen LogP contribution in [0.4, 0.5) is 0 Å². The Balaban J connectivity index is 1.61. The molecule has 1 aliphatic heterocycles. The number of rotatable bonds is 4. The molecule has 1 aromatic heterocycles. The molecule has 6 nitrogen and oxygen atoms in total. The number of fused-ring (bicyclic) bond motifs is 2. The van der Waals surface area contributed by atoms with E-state index in [-0.39, 0.29) is 17.9 Å². The lowest BCUT2D eigenvalue weighted by molar-refractivity contribution is -0.141. The van der Waals surface area contributed by atoms with Gasteiger partial charge in [0.25, 0.3) is 5.91 Å². The van der Waals surface area contributed by atoms with Crippen molar-refractivity contribution >= 4 is 22.9 Å². The molecule has 3 aromatic rings. The number of carbonyl (C=O) groups is 2. The third kappa shape index (κ3) is 3.15. The number of para-hydroxylation sites is 2. The summed E-state index contributed by atoms with van der Waals surface area (Å²) in [6, 6.07) is 14.7. The number of carbonyl (C=O) groups excluding carboxylic acids is 2. The molecule has 0 saturated heterocycles. The van der Waals surface area contributed by atoms with Gasteiger partial charge in [0, 0.05) is 6.42 Å². The van der Waals surface area contributed by atoms with Crippen LogP contribution in [0.1, 0.15) is 48.6 Å². The van der Waals surface area contributed by atoms with Crippen LogP contribution < -0.4 is 5.32 Å². The molecule has 144 valence electrons. The number of hydrogen-bond acceptors (Lipinski definition) is 4. The molecule has 0 radical (unpaired) electrons. The van der Waals surface area contributed by atoms with Gasteiger partial charge in [-0.05, 0) is 36.6 Å². The Morgan fingerprint density at radius 2 is 1.89 bits per heavy atom. The van der Waals surface area contributed by atoms with Crippen LogP contribution in [0.2, 0.25) is 0 Å². The molecule has 0 saturated carbocycles. The van der Waals surface area contributed by atoms with Gasteiger partial charge >= 0.3 is 5.97 Å². The van der Waals surface area contributed by atoms with Crippen molar-refractivity contribution in [3.05, 3.63) is 65.5 Å².